The summed E-state index contributed by atoms with van der Waals surface area (Å²) in [6.07, 6.45) is -22.7. The lowest BCUT2D eigenvalue weighted by molar-refractivity contribution is -0.448. The summed E-state index contributed by atoms with van der Waals surface area (Å²) in [5.41, 5.74) is -10.0. The van der Waals surface area contributed by atoms with Gasteiger partial charge in [0.05, 0.1) is 13.2 Å². The van der Waals surface area contributed by atoms with E-state index in [9.17, 15) is 73.2 Å². The normalized spacial score (nSPS) is 15.2. The van der Waals surface area contributed by atoms with Crippen molar-refractivity contribution >= 4 is 35.9 Å². The van der Waals surface area contributed by atoms with Crippen LogP contribution in [-0.4, -0.2) is 123 Å². The molecule has 0 radical (unpaired) electrons. The van der Waals surface area contributed by atoms with Gasteiger partial charge in [0.15, 0.2) is 6.23 Å². The highest BCUT2D eigenvalue weighted by Gasteiger charge is 2.77. The van der Waals surface area contributed by atoms with Crippen molar-refractivity contribution in [3.8, 4) is 0 Å². The summed E-state index contributed by atoms with van der Waals surface area (Å²) in [5, 5.41) is 4.67. The molecule has 0 bridgehead atoms. The maximum atomic E-state index is 15.1. The molecule has 60 heavy (non-hydrogen) atoms. The second-order valence-electron chi connectivity index (χ2n) is 12.5. The van der Waals surface area contributed by atoms with Crippen LogP contribution in [0.3, 0.4) is 0 Å². The fourth-order valence-electron chi connectivity index (χ4n) is 3.68. The van der Waals surface area contributed by atoms with E-state index < -0.39 is 142 Å². The molecular weight excluding hydrogens is 854 g/mol. The van der Waals surface area contributed by atoms with Crippen LogP contribution in [0.4, 0.5) is 48.7 Å². The minimum absolute atomic E-state index is 0.629. The first-order valence-corrected chi connectivity index (χ1v) is 16.2. The van der Waals surface area contributed by atoms with Gasteiger partial charge in [-0.3, -0.25) is 4.74 Å². The van der Waals surface area contributed by atoms with E-state index in [1.165, 1.54) is 0 Å². The predicted octanol–water partition coefficient (Wildman–Crippen LogP) is 4.93. The Bertz CT molecular complexity index is 1560. The maximum absolute atomic E-state index is 15.1. The Kier molecular flexibility index (Phi) is 20.1. The first-order valence-electron chi connectivity index (χ1n) is 16.2. The van der Waals surface area contributed by atoms with Gasteiger partial charge in [-0.15, -0.1) is 4.91 Å². The molecule has 0 aromatic heterocycles. The largest absolute Gasteiger partial charge is 0.461 e. The fourth-order valence-corrected chi connectivity index (χ4v) is 3.68. The number of nitrogens with zero attached hydrogens (tertiary/aromatic N) is 1. The minimum atomic E-state index is -7.01. The van der Waals surface area contributed by atoms with Gasteiger partial charge < -0.3 is 38.5 Å². The highest BCUT2D eigenvalue weighted by atomic mass is 19.4. The Balaban J connectivity index is 6.83. The number of carbonyl (C=O) groups excluding carboxylic acids is 6. The zero-order chi connectivity index (χ0) is 47.0. The molecule has 0 saturated heterocycles. The molecule has 0 spiro atoms. The molecule has 4 atom stereocenters. The van der Waals surface area contributed by atoms with Crippen molar-refractivity contribution in [3.63, 3.8) is 0 Å². The third-order valence-corrected chi connectivity index (χ3v) is 7.21. The zero-order valence-electron chi connectivity index (χ0n) is 31.6. The van der Waals surface area contributed by atoms with E-state index in [2.05, 4.69) is 46.3 Å². The van der Waals surface area contributed by atoms with Crippen LogP contribution in [0.25, 0.3) is 0 Å². The number of amides is 1. The number of halogens is 10. The van der Waals surface area contributed by atoms with Crippen LogP contribution in [0.2, 0.25) is 0 Å². The molecule has 17 nitrogen and oxygen atoms in total. The number of nitroso groups, excluding NO2 is 1. The van der Waals surface area contributed by atoms with Crippen LogP contribution in [0.15, 0.2) is 55.8 Å². The highest BCUT2D eigenvalue weighted by Crippen LogP contribution is 2.50. The molecule has 0 aliphatic heterocycles. The van der Waals surface area contributed by atoms with E-state index in [0.717, 1.165) is 26.0 Å². The first-order chi connectivity index (χ1) is 27.3. The molecule has 0 fully saturated rings. The van der Waals surface area contributed by atoms with E-state index >= 15 is 4.39 Å². The summed E-state index contributed by atoms with van der Waals surface area (Å²) in [4.78, 5) is 83.9. The number of ether oxygens (including phenoxy) is 8. The van der Waals surface area contributed by atoms with Crippen molar-refractivity contribution in [3.05, 3.63) is 55.5 Å². The Morgan fingerprint density at radius 2 is 1.05 bits per heavy atom. The molecular formula is C33H38F10N2O15. The maximum Gasteiger partial charge on any atom is 0.460 e. The van der Waals surface area contributed by atoms with Gasteiger partial charge in [0.2, 0.25) is 0 Å². The Morgan fingerprint density at radius 1 is 0.633 bits per heavy atom. The average molecular weight is 893 g/mol. The topological polar surface area (TPSA) is 218 Å². The van der Waals surface area contributed by atoms with Crippen LogP contribution >= 0.6 is 0 Å². The summed E-state index contributed by atoms with van der Waals surface area (Å²) < 4.78 is 174. The number of hydrogen-bond acceptors (Lipinski definition) is 16. The zero-order valence-corrected chi connectivity index (χ0v) is 31.6. The quantitative estimate of drug-likeness (QED) is 0.0400. The van der Waals surface area contributed by atoms with E-state index in [0.29, 0.717) is 12.2 Å². The third-order valence-electron chi connectivity index (χ3n) is 7.21. The lowest BCUT2D eigenvalue weighted by atomic mass is 10.0. The van der Waals surface area contributed by atoms with Crippen molar-refractivity contribution in [2.45, 2.75) is 74.5 Å². The van der Waals surface area contributed by atoms with Gasteiger partial charge in [0, 0.05) is 30.2 Å². The summed E-state index contributed by atoms with van der Waals surface area (Å²) in [5.74, 6) is -16.6. The first kappa shape index (κ1) is 54.4. The number of carbonyl (C=O) groups is 6. The SMILES string of the molecule is C=CC(=O)OCC(C)(COC(=O)C=C)NC(=O)OCCC(COC(=O)C(F)(OC(F)(F)C(C)(F)C(F)(F)F)C(F)(F)F)C(N=O)OC(C)(COC(=O)C=C)COC(=O)C=C. The number of esters is 5. The fraction of sp³-hybridized carbons (Fsp3) is 0.576. The van der Waals surface area contributed by atoms with Crippen LogP contribution in [-0.2, 0) is 61.9 Å². The van der Waals surface area contributed by atoms with Gasteiger partial charge in [0.1, 0.15) is 37.6 Å². The molecule has 1 N–H and O–H groups in total. The molecule has 4 unspecified atom stereocenters. The molecule has 0 aliphatic carbocycles. The number of alkyl halides is 10. The smallest absolute Gasteiger partial charge is 0.460 e. The lowest BCUT2D eigenvalue weighted by Crippen LogP contribution is -2.62. The Hall–Kier alpha value is -5.60. The van der Waals surface area contributed by atoms with E-state index in [1.54, 1.807) is 0 Å². The monoisotopic (exact) mass is 892 g/mol. The van der Waals surface area contributed by atoms with E-state index in [4.69, 9.17) is 28.4 Å². The second-order valence-corrected chi connectivity index (χ2v) is 12.5. The molecule has 27 heteroatoms. The molecule has 0 aliphatic rings. The lowest BCUT2D eigenvalue weighted by Gasteiger charge is -2.36. The number of hydrogen-bond donors (Lipinski definition) is 1. The summed E-state index contributed by atoms with van der Waals surface area (Å²) in [7, 11) is 0. The summed E-state index contributed by atoms with van der Waals surface area (Å²) in [6, 6.07) is 0. The summed E-state index contributed by atoms with van der Waals surface area (Å²) >= 11 is 0. The molecule has 0 aromatic carbocycles. The van der Waals surface area contributed by atoms with Gasteiger partial charge in [-0.1, -0.05) is 26.3 Å². The van der Waals surface area contributed by atoms with Crippen molar-refractivity contribution < 1.29 is 111 Å². The van der Waals surface area contributed by atoms with Crippen molar-refractivity contribution in [2.75, 3.05) is 39.6 Å². The third kappa shape index (κ3) is 16.2. The van der Waals surface area contributed by atoms with Gasteiger partial charge in [0.25, 0.3) is 5.67 Å². The molecule has 0 rings (SSSR count). The predicted molar refractivity (Wildman–Crippen MR) is 177 cm³/mol. The Morgan fingerprint density at radius 3 is 1.42 bits per heavy atom. The van der Waals surface area contributed by atoms with Crippen molar-refractivity contribution in [1.82, 2.24) is 5.32 Å². The molecule has 0 heterocycles. The number of nitrogens with one attached hydrogen (secondary N) is 1. The number of alkyl carbamates (subject to hydrolysis) is 1. The van der Waals surface area contributed by atoms with Crippen molar-refractivity contribution in [1.29, 1.82) is 0 Å². The molecule has 0 saturated carbocycles. The van der Waals surface area contributed by atoms with Crippen molar-refractivity contribution in [2.24, 2.45) is 11.1 Å². The second kappa shape index (κ2) is 22.1. The number of rotatable bonds is 26. The molecule has 1 amide bonds. The Labute approximate surface area is 332 Å². The molecule has 340 valence electrons. The van der Waals surface area contributed by atoms with Gasteiger partial charge in [-0.2, -0.15) is 39.5 Å². The summed E-state index contributed by atoms with van der Waals surface area (Å²) in [6.45, 7) is 7.40. The van der Waals surface area contributed by atoms with Crippen LogP contribution < -0.4 is 5.32 Å². The average Bonchev–Trinajstić information content (AvgIpc) is 3.16. The van der Waals surface area contributed by atoms with Gasteiger partial charge in [-0.05, 0) is 32.4 Å². The van der Waals surface area contributed by atoms with Crippen LogP contribution in [0.5, 0.6) is 0 Å². The van der Waals surface area contributed by atoms with E-state index in [1.807, 2.05) is 0 Å². The van der Waals surface area contributed by atoms with Crippen LogP contribution in [0.1, 0.15) is 27.2 Å². The standard InChI is InChI=1S/C33H38F10N2O15/c1-8-20(46)55-15-27(5,16-56-21(47)9-2)44-26(51)53-13-12-19(24(45-52)59-28(6,17-57-22(48)10-3)18-58-23(49)11-4)14-54-25(50)30(35,32(39,40)41)60-33(42,43)29(7,34)31(36,37)38/h8-11,19,24H,1-4,12-18H2,5-7H3,(H,44,51). The van der Waals surface area contributed by atoms with E-state index in [-0.39, 0.29) is 0 Å². The minimum Gasteiger partial charge on any atom is -0.461 e. The van der Waals surface area contributed by atoms with Gasteiger partial charge >= 0.3 is 60.3 Å². The molecule has 0 aromatic rings. The van der Waals surface area contributed by atoms with Gasteiger partial charge in [-0.25, -0.2) is 33.2 Å². The van der Waals surface area contributed by atoms with Crippen LogP contribution in [0, 0.1) is 10.8 Å². The highest BCUT2D eigenvalue weighted by molar-refractivity contribution is 5.82.